The first-order valence-electron chi connectivity index (χ1n) is 6.21. The van der Waals surface area contributed by atoms with E-state index in [0.29, 0.717) is 11.9 Å². The van der Waals surface area contributed by atoms with E-state index in [1.807, 2.05) is 4.90 Å². The molecule has 0 saturated carbocycles. The van der Waals surface area contributed by atoms with Crippen molar-refractivity contribution in [3.05, 3.63) is 0 Å². The van der Waals surface area contributed by atoms with E-state index >= 15 is 0 Å². The molecule has 96 valence electrons. The maximum absolute atomic E-state index is 12.2. The molecule has 3 nitrogen and oxygen atoms in total. The van der Waals surface area contributed by atoms with Gasteiger partial charge in [0.2, 0.25) is 5.91 Å². The summed E-state index contributed by atoms with van der Waals surface area (Å²) in [6.45, 7) is 9.11. The summed E-state index contributed by atoms with van der Waals surface area (Å²) in [5.41, 5.74) is 0. The topological polar surface area (TPSA) is 32.3 Å². The number of halogens is 1. The summed E-state index contributed by atoms with van der Waals surface area (Å²) in [5.74, 6) is 0.625. The zero-order chi connectivity index (χ0) is 11.3. The molecule has 1 rings (SSSR count). The third-order valence-corrected chi connectivity index (χ3v) is 3.16. The lowest BCUT2D eigenvalue weighted by Crippen LogP contribution is -2.44. The number of hydrogen-bond acceptors (Lipinski definition) is 2. The smallest absolute Gasteiger partial charge is 0.225 e. The summed E-state index contributed by atoms with van der Waals surface area (Å²) < 4.78 is 0. The van der Waals surface area contributed by atoms with Crippen molar-refractivity contribution >= 4 is 18.3 Å². The second-order valence-electron chi connectivity index (χ2n) is 4.49. The largest absolute Gasteiger partial charge is 0.343 e. The predicted molar refractivity (Wildman–Crippen MR) is 70.0 cm³/mol. The van der Waals surface area contributed by atoms with Crippen molar-refractivity contribution in [2.45, 2.75) is 46.1 Å². The third kappa shape index (κ3) is 4.30. The number of nitrogens with zero attached hydrogens (tertiary/aromatic N) is 1. The Morgan fingerprint density at radius 2 is 2.12 bits per heavy atom. The molecule has 0 spiro atoms. The lowest BCUT2D eigenvalue weighted by molar-refractivity contribution is -0.136. The minimum Gasteiger partial charge on any atom is -0.343 e. The van der Waals surface area contributed by atoms with E-state index < -0.39 is 0 Å². The van der Waals surface area contributed by atoms with Crippen LogP contribution in [0.1, 0.15) is 40.0 Å². The first-order valence-corrected chi connectivity index (χ1v) is 6.21. The fourth-order valence-corrected chi connectivity index (χ4v) is 2.31. The number of carbonyl (C=O) groups is 1. The average molecular weight is 249 g/mol. The van der Waals surface area contributed by atoms with Gasteiger partial charge < -0.3 is 10.2 Å². The molecule has 1 saturated heterocycles. The summed E-state index contributed by atoms with van der Waals surface area (Å²) >= 11 is 0. The Balaban J connectivity index is 0.00000225. The molecule has 0 aromatic rings. The molecule has 1 N–H and O–H groups in total. The fraction of sp³-hybridized carbons (Fsp3) is 0.917. The highest BCUT2D eigenvalue weighted by atomic mass is 35.5. The van der Waals surface area contributed by atoms with Gasteiger partial charge in [-0.05, 0) is 39.7 Å². The van der Waals surface area contributed by atoms with Gasteiger partial charge in [0.05, 0.1) is 0 Å². The number of hydrogen-bond donors (Lipinski definition) is 1. The molecule has 1 aliphatic heterocycles. The standard InChI is InChI=1S/C12H24N2O.ClH/c1-4-8-14(5-2)12(15)11-6-7-13-10(3)9-11;/h10-11,13H,4-9H2,1-3H3;1H/t10-,11-;/m0./s1. The van der Waals surface area contributed by atoms with Crippen LogP contribution >= 0.6 is 12.4 Å². The van der Waals surface area contributed by atoms with Crippen molar-refractivity contribution in [3.8, 4) is 0 Å². The van der Waals surface area contributed by atoms with Crippen LogP contribution in [0.4, 0.5) is 0 Å². The van der Waals surface area contributed by atoms with Gasteiger partial charge in [-0.2, -0.15) is 0 Å². The van der Waals surface area contributed by atoms with Crippen molar-refractivity contribution in [2.75, 3.05) is 19.6 Å². The van der Waals surface area contributed by atoms with Crippen LogP contribution in [-0.4, -0.2) is 36.5 Å². The average Bonchev–Trinajstić information content (AvgIpc) is 2.25. The Morgan fingerprint density at radius 1 is 1.44 bits per heavy atom. The molecule has 0 aromatic heterocycles. The second kappa shape index (κ2) is 7.91. The van der Waals surface area contributed by atoms with Crippen molar-refractivity contribution in [2.24, 2.45) is 5.92 Å². The van der Waals surface area contributed by atoms with Crippen LogP contribution in [0.3, 0.4) is 0 Å². The molecule has 0 radical (unpaired) electrons. The molecule has 4 heteroatoms. The summed E-state index contributed by atoms with van der Waals surface area (Å²) in [7, 11) is 0. The SMILES string of the molecule is CCCN(CC)C(=O)[C@H]1CCN[C@@H](C)C1.Cl. The molecule has 0 unspecified atom stereocenters. The van der Waals surface area contributed by atoms with E-state index in [0.717, 1.165) is 38.9 Å². The van der Waals surface area contributed by atoms with E-state index in [-0.39, 0.29) is 18.3 Å². The van der Waals surface area contributed by atoms with Crippen LogP contribution in [0.25, 0.3) is 0 Å². The Morgan fingerprint density at radius 3 is 2.62 bits per heavy atom. The normalized spacial score (nSPS) is 24.7. The highest BCUT2D eigenvalue weighted by molar-refractivity contribution is 5.85. The van der Waals surface area contributed by atoms with Crippen molar-refractivity contribution in [1.29, 1.82) is 0 Å². The highest BCUT2D eigenvalue weighted by Gasteiger charge is 2.27. The van der Waals surface area contributed by atoms with Crippen LogP contribution < -0.4 is 5.32 Å². The number of amides is 1. The first kappa shape index (κ1) is 15.7. The number of piperidine rings is 1. The van der Waals surface area contributed by atoms with E-state index in [1.54, 1.807) is 0 Å². The van der Waals surface area contributed by atoms with Crippen LogP contribution in [0.5, 0.6) is 0 Å². The molecule has 0 aliphatic carbocycles. The van der Waals surface area contributed by atoms with Crippen molar-refractivity contribution in [3.63, 3.8) is 0 Å². The van der Waals surface area contributed by atoms with Crippen LogP contribution in [0.15, 0.2) is 0 Å². The number of nitrogens with one attached hydrogen (secondary N) is 1. The fourth-order valence-electron chi connectivity index (χ4n) is 2.31. The molecule has 0 bridgehead atoms. The molecule has 0 aromatic carbocycles. The molecule has 1 aliphatic rings. The molecule has 1 heterocycles. The quantitative estimate of drug-likeness (QED) is 0.826. The predicted octanol–water partition coefficient (Wildman–Crippen LogP) is 2.05. The lowest BCUT2D eigenvalue weighted by Gasteiger charge is -2.31. The monoisotopic (exact) mass is 248 g/mol. The Bertz CT molecular complexity index is 211. The Hall–Kier alpha value is -0.280. The Labute approximate surface area is 105 Å². The van der Waals surface area contributed by atoms with Gasteiger partial charge in [-0.1, -0.05) is 6.92 Å². The molecular weight excluding hydrogens is 224 g/mol. The lowest BCUT2D eigenvalue weighted by atomic mass is 9.92. The van der Waals surface area contributed by atoms with Gasteiger partial charge in [-0.25, -0.2) is 0 Å². The zero-order valence-electron chi connectivity index (χ0n) is 10.7. The maximum atomic E-state index is 12.2. The van der Waals surface area contributed by atoms with Crippen LogP contribution in [0, 0.1) is 5.92 Å². The third-order valence-electron chi connectivity index (χ3n) is 3.16. The molecule has 1 fully saturated rings. The van der Waals surface area contributed by atoms with Gasteiger partial charge in [0.1, 0.15) is 0 Å². The summed E-state index contributed by atoms with van der Waals surface area (Å²) in [6, 6.07) is 0.494. The summed E-state index contributed by atoms with van der Waals surface area (Å²) in [6.07, 6.45) is 3.06. The Kier molecular flexibility index (Phi) is 7.77. The van der Waals surface area contributed by atoms with Gasteiger partial charge in [-0.3, -0.25) is 4.79 Å². The minimum absolute atomic E-state index is 0. The highest BCUT2D eigenvalue weighted by Crippen LogP contribution is 2.18. The molecule has 1 amide bonds. The number of rotatable bonds is 4. The first-order chi connectivity index (χ1) is 7.19. The minimum atomic E-state index is 0. The van der Waals surface area contributed by atoms with E-state index in [9.17, 15) is 4.79 Å². The number of carbonyl (C=O) groups excluding carboxylic acids is 1. The van der Waals surface area contributed by atoms with Crippen LogP contribution in [0.2, 0.25) is 0 Å². The van der Waals surface area contributed by atoms with Gasteiger partial charge in [0.15, 0.2) is 0 Å². The van der Waals surface area contributed by atoms with Crippen molar-refractivity contribution in [1.82, 2.24) is 10.2 Å². The van der Waals surface area contributed by atoms with Gasteiger partial charge >= 0.3 is 0 Å². The summed E-state index contributed by atoms with van der Waals surface area (Å²) in [4.78, 5) is 14.2. The van der Waals surface area contributed by atoms with Crippen LogP contribution in [-0.2, 0) is 4.79 Å². The molecule has 16 heavy (non-hydrogen) atoms. The maximum Gasteiger partial charge on any atom is 0.225 e. The van der Waals surface area contributed by atoms with E-state index in [2.05, 4.69) is 26.1 Å². The van der Waals surface area contributed by atoms with Crippen molar-refractivity contribution < 1.29 is 4.79 Å². The van der Waals surface area contributed by atoms with Gasteiger partial charge in [0, 0.05) is 25.0 Å². The molecular formula is C12H25ClN2O. The van der Waals surface area contributed by atoms with E-state index in [4.69, 9.17) is 0 Å². The second-order valence-corrected chi connectivity index (χ2v) is 4.49. The zero-order valence-corrected chi connectivity index (χ0v) is 11.5. The molecule has 2 atom stereocenters. The summed E-state index contributed by atoms with van der Waals surface area (Å²) in [5, 5.41) is 3.39. The van der Waals surface area contributed by atoms with E-state index in [1.165, 1.54) is 0 Å². The van der Waals surface area contributed by atoms with Gasteiger partial charge in [0.25, 0.3) is 0 Å². The van der Waals surface area contributed by atoms with Gasteiger partial charge in [-0.15, -0.1) is 12.4 Å².